The van der Waals surface area contributed by atoms with Crippen molar-refractivity contribution in [2.75, 3.05) is 13.2 Å². The van der Waals surface area contributed by atoms with E-state index in [-0.39, 0.29) is 13.0 Å². The third-order valence-electron chi connectivity index (χ3n) is 0.884. The highest BCUT2D eigenvalue weighted by Gasteiger charge is 2.00. The van der Waals surface area contributed by atoms with Crippen LogP contribution in [0.5, 0.6) is 0 Å². The quantitative estimate of drug-likeness (QED) is 0.617. The van der Waals surface area contributed by atoms with E-state index in [4.69, 9.17) is 5.11 Å². The molecule has 11 heavy (non-hydrogen) atoms. The van der Waals surface area contributed by atoms with Gasteiger partial charge in [-0.25, -0.2) is 4.79 Å². The summed E-state index contributed by atoms with van der Waals surface area (Å²) in [6, 6.07) is 0. The first kappa shape index (κ1) is 9.74. The Morgan fingerprint density at radius 1 is 1.55 bits per heavy atom. The molecule has 0 aliphatic heterocycles. The molecule has 0 atom stereocenters. The van der Waals surface area contributed by atoms with Gasteiger partial charge in [0, 0.05) is 6.54 Å². The fraction of sp³-hybridized carbons (Fsp3) is 0.667. The number of amides is 1. The van der Waals surface area contributed by atoms with Crippen LogP contribution in [0.1, 0.15) is 13.3 Å². The minimum atomic E-state index is -0.943. The van der Waals surface area contributed by atoms with Gasteiger partial charge in [-0.1, -0.05) is 0 Å². The van der Waals surface area contributed by atoms with Crippen LogP contribution in [0.25, 0.3) is 0 Å². The number of ether oxygens (including phenoxy) is 1. The number of nitrogens with one attached hydrogen (secondary N) is 1. The van der Waals surface area contributed by atoms with Crippen molar-refractivity contribution < 1.29 is 19.4 Å². The first-order valence-electron chi connectivity index (χ1n) is 3.29. The van der Waals surface area contributed by atoms with E-state index in [9.17, 15) is 9.59 Å². The Balaban J connectivity index is 3.24. The van der Waals surface area contributed by atoms with Crippen LogP contribution in [-0.2, 0) is 9.53 Å². The molecule has 5 heteroatoms. The zero-order valence-corrected chi connectivity index (χ0v) is 6.29. The van der Waals surface area contributed by atoms with Crippen molar-refractivity contribution in [1.29, 1.82) is 0 Å². The molecule has 2 N–H and O–H groups in total. The molecule has 0 rings (SSSR count). The van der Waals surface area contributed by atoms with Crippen molar-refractivity contribution in [3.8, 4) is 0 Å². The molecule has 0 aromatic heterocycles. The van der Waals surface area contributed by atoms with Crippen LogP contribution >= 0.6 is 0 Å². The third kappa shape index (κ3) is 6.63. The summed E-state index contributed by atoms with van der Waals surface area (Å²) < 4.78 is 4.48. The lowest BCUT2D eigenvalue weighted by molar-refractivity contribution is -0.136. The Kier molecular flexibility index (Phi) is 4.89. The first-order chi connectivity index (χ1) is 5.16. The number of carboxylic acids is 1. The van der Waals surface area contributed by atoms with Gasteiger partial charge >= 0.3 is 12.1 Å². The molecule has 0 heterocycles. The highest BCUT2D eigenvalue weighted by Crippen LogP contribution is 1.78. The van der Waals surface area contributed by atoms with Crippen molar-refractivity contribution in [2.24, 2.45) is 0 Å². The van der Waals surface area contributed by atoms with E-state index >= 15 is 0 Å². The van der Waals surface area contributed by atoms with Gasteiger partial charge in [0.2, 0.25) is 0 Å². The predicted molar refractivity (Wildman–Crippen MR) is 37.3 cm³/mol. The molecule has 0 aliphatic carbocycles. The number of aliphatic carboxylic acids is 1. The minimum absolute atomic E-state index is 0.0845. The average molecular weight is 161 g/mol. The molecule has 0 saturated heterocycles. The van der Waals surface area contributed by atoms with Crippen molar-refractivity contribution in [3.05, 3.63) is 0 Å². The molecule has 0 saturated carbocycles. The lowest BCUT2D eigenvalue weighted by Crippen LogP contribution is -2.26. The second-order valence-corrected chi connectivity index (χ2v) is 1.79. The van der Waals surface area contributed by atoms with Crippen LogP contribution in [-0.4, -0.2) is 30.3 Å². The summed E-state index contributed by atoms with van der Waals surface area (Å²) in [6.45, 7) is 2.07. The first-order valence-corrected chi connectivity index (χ1v) is 3.29. The van der Waals surface area contributed by atoms with Gasteiger partial charge in [-0.3, -0.25) is 4.79 Å². The Labute approximate surface area is 64.3 Å². The summed E-state index contributed by atoms with van der Waals surface area (Å²) in [4.78, 5) is 20.4. The van der Waals surface area contributed by atoms with Crippen LogP contribution in [0.3, 0.4) is 0 Å². The summed E-state index contributed by atoms with van der Waals surface area (Å²) in [5, 5.41) is 10.4. The normalized spacial score (nSPS) is 8.82. The van der Waals surface area contributed by atoms with E-state index in [0.717, 1.165) is 0 Å². The predicted octanol–water partition coefficient (Wildman–Crippen LogP) is 0.207. The number of hydrogen-bond acceptors (Lipinski definition) is 3. The van der Waals surface area contributed by atoms with E-state index in [2.05, 4.69) is 10.1 Å². The van der Waals surface area contributed by atoms with Gasteiger partial charge in [0.25, 0.3) is 0 Å². The lowest BCUT2D eigenvalue weighted by Gasteiger charge is -2.01. The zero-order chi connectivity index (χ0) is 8.69. The number of hydrogen-bond donors (Lipinski definition) is 2. The number of carboxylic acid groups (broad SMARTS) is 1. The van der Waals surface area contributed by atoms with E-state index in [1.54, 1.807) is 6.92 Å². The summed E-state index contributed by atoms with van der Waals surface area (Å²) >= 11 is 0. The van der Waals surface area contributed by atoms with Gasteiger partial charge in [0.1, 0.15) is 0 Å². The summed E-state index contributed by atoms with van der Waals surface area (Å²) in [6.07, 6.45) is -0.660. The third-order valence-corrected chi connectivity index (χ3v) is 0.884. The van der Waals surface area contributed by atoms with Gasteiger partial charge in [0.05, 0.1) is 13.0 Å². The SMILES string of the molecule is CCOC(=O)NCCC(=O)O. The lowest BCUT2D eigenvalue weighted by atomic mass is 10.4. The van der Waals surface area contributed by atoms with Gasteiger partial charge in [-0.05, 0) is 6.92 Å². The second-order valence-electron chi connectivity index (χ2n) is 1.79. The molecule has 0 unspecified atom stereocenters. The molecule has 0 aromatic rings. The van der Waals surface area contributed by atoms with Crippen LogP contribution in [0.2, 0.25) is 0 Å². The maximum absolute atomic E-state index is 10.5. The maximum Gasteiger partial charge on any atom is 0.407 e. The summed E-state index contributed by atoms with van der Waals surface area (Å²) in [7, 11) is 0. The van der Waals surface area contributed by atoms with Crippen LogP contribution in [0.4, 0.5) is 4.79 Å². The largest absolute Gasteiger partial charge is 0.481 e. The van der Waals surface area contributed by atoms with Crippen molar-refractivity contribution in [1.82, 2.24) is 5.32 Å². The molecule has 5 nitrogen and oxygen atoms in total. The molecule has 0 aliphatic rings. The summed E-state index contributed by atoms with van der Waals surface area (Å²) in [5.74, 6) is -0.943. The fourth-order valence-corrected chi connectivity index (χ4v) is 0.454. The molecule has 1 amide bonds. The van der Waals surface area contributed by atoms with Gasteiger partial charge in [-0.2, -0.15) is 0 Å². The second kappa shape index (κ2) is 5.52. The number of carbonyl (C=O) groups excluding carboxylic acids is 1. The van der Waals surface area contributed by atoms with Crippen molar-refractivity contribution in [3.63, 3.8) is 0 Å². The molecular weight excluding hydrogens is 150 g/mol. The topological polar surface area (TPSA) is 75.6 Å². The number of carbonyl (C=O) groups is 2. The molecule has 0 aromatic carbocycles. The van der Waals surface area contributed by atoms with E-state index in [0.29, 0.717) is 6.61 Å². The highest BCUT2D eigenvalue weighted by molar-refractivity contribution is 5.70. The van der Waals surface area contributed by atoms with Crippen LogP contribution in [0.15, 0.2) is 0 Å². The minimum Gasteiger partial charge on any atom is -0.481 e. The monoisotopic (exact) mass is 161 g/mol. The molecule has 64 valence electrons. The fourth-order valence-electron chi connectivity index (χ4n) is 0.454. The molecule has 0 fully saturated rings. The Morgan fingerprint density at radius 2 is 2.18 bits per heavy atom. The van der Waals surface area contributed by atoms with Crippen LogP contribution < -0.4 is 5.32 Å². The number of alkyl carbamates (subject to hydrolysis) is 1. The van der Waals surface area contributed by atoms with Gasteiger partial charge < -0.3 is 15.2 Å². The smallest absolute Gasteiger partial charge is 0.407 e. The molecule has 0 radical (unpaired) electrons. The van der Waals surface area contributed by atoms with E-state index < -0.39 is 12.1 Å². The molecular formula is C6H11NO4. The van der Waals surface area contributed by atoms with Gasteiger partial charge in [-0.15, -0.1) is 0 Å². The van der Waals surface area contributed by atoms with Crippen LogP contribution in [0, 0.1) is 0 Å². The Bertz CT molecular complexity index is 146. The Hall–Kier alpha value is -1.26. The maximum atomic E-state index is 10.5. The highest BCUT2D eigenvalue weighted by atomic mass is 16.5. The molecule has 0 bridgehead atoms. The Morgan fingerprint density at radius 3 is 2.64 bits per heavy atom. The number of rotatable bonds is 4. The van der Waals surface area contributed by atoms with Gasteiger partial charge in [0.15, 0.2) is 0 Å². The van der Waals surface area contributed by atoms with Crippen molar-refractivity contribution >= 4 is 12.1 Å². The van der Waals surface area contributed by atoms with E-state index in [1.807, 2.05) is 0 Å². The standard InChI is InChI=1S/C6H11NO4/c1-2-11-6(10)7-4-3-5(8)9/h2-4H2,1H3,(H,7,10)(H,8,9). The van der Waals surface area contributed by atoms with Crippen molar-refractivity contribution in [2.45, 2.75) is 13.3 Å². The summed E-state index contributed by atoms with van der Waals surface area (Å²) in [5.41, 5.74) is 0. The van der Waals surface area contributed by atoms with E-state index in [1.165, 1.54) is 0 Å². The average Bonchev–Trinajstić information content (AvgIpc) is 1.87. The zero-order valence-electron chi connectivity index (χ0n) is 6.29. The molecule has 0 spiro atoms.